The van der Waals surface area contributed by atoms with Crippen molar-refractivity contribution >= 4 is 5.91 Å². The van der Waals surface area contributed by atoms with Crippen molar-refractivity contribution in [1.29, 1.82) is 0 Å². The van der Waals surface area contributed by atoms with E-state index in [1.807, 2.05) is 12.1 Å². The third-order valence-electron chi connectivity index (χ3n) is 2.45. The number of methoxy groups -OCH3 is 1. The molecular formula is C13H20N2O3. The molecule has 18 heavy (non-hydrogen) atoms. The molecule has 5 nitrogen and oxygen atoms in total. The zero-order chi connectivity index (χ0) is 13.4. The van der Waals surface area contributed by atoms with Crippen molar-refractivity contribution in [1.82, 2.24) is 5.32 Å². The van der Waals surface area contributed by atoms with E-state index in [0.717, 1.165) is 5.56 Å². The molecule has 0 fully saturated rings. The molecule has 1 aromatic carbocycles. The molecule has 0 aromatic heterocycles. The molecule has 1 atom stereocenters. The van der Waals surface area contributed by atoms with Crippen LogP contribution in [0.25, 0.3) is 0 Å². The van der Waals surface area contributed by atoms with Gasteiger partial charge in [0, 0.05) is 20.2 Å². The maximum absolute atomic E-state index is 11.6. The molecule has 0 saturated carbocycles. The van der Waals surface area contributed by atoms with Crippen molar-refractivity contribution in [3.8, 4) is 5.75 Å². The predicted octanol–water partition coefficient (Wildman–Crippen LogP) is 0.675. The Morgan fingerprint density at radius 3 is 2.61 bits per heavy atom. The van der Waals surface area contributed by atoms with Gasteiger partial charge in [0.2, 0.25) is 0 Å². The molecule has 3 N–H and O–H groups in total. The van der Waals surface area contributed by atoms with Crippen LogP contribution in [0, 0.1) is 0 Å². The summed E-state index contributed by atoms with van der Waals surface area (Å²) in [7, 11) is 1.59. The Morgan fingerprint density at radius 1 is 1.39 bits per heavy atom. The van der Waals surface area contributed by atoms with Gasteiger partial charge < -0.3 is 20.5 Å². The molecule has 0 spiro atoms. The molecular weight excluding hydrogens is 232 g/mol. The highest BCUT2D eigenvalue weighted by molar-refractivity contribution is 5.80. The molecule has 1 rings (SSSR count). The molecule has 5 heteroatoms. The first-order chi connectivity index (χ1) is 8.67. The maximum Gasteiger partial charge on any atom is 0.260 e. The van der Waals surface area contributed by atoms with Gasteiger partial charge in [0.15, 0.2) is 6.10 Å². The highest BCUT2D eigenvalue weighted by Crippen LogP contribution is 2.13. The summed E-state index contributed by atoms with van der Waals surface area (Å²) in [5, 5.41) is 2.72. The van der Waals surface area contributed by atoms with Gasteiger partial charge >= 0.3 is 0 Å². The van der Waals surface area contributed by atoms with E-state index in [1.54, 1.807) is 26.2 Å². The maximum atomic E-state index is 11.6. The van der Waals surface area contributed by atoms with Gasteiger partial charge in [-0.05, 0) is 24.6 Å². The van der Waals surface area contributed by atoms with Crippen molar-refractivity contribution in [2.45, 2.75) is 19.6 Å². The summed E-state index contributed by atoms with van der Waals surface area (Å²) in [5.74, 6) is 0.497. The second-order valence-corrected chi connectivity index (χ2v) is 3.89. The van der Waals surface area contributed by atoms with Crippen LogP contribution in [-0.4, -0.2) is 32.3 Å². The van der Waals surface area contributed by atoms with E-state index in [-0.39, 0.29) is 5.91 Å². The number of rotatable bonds is 7. The average Bonchev–Trinajstić information content (AvgIpc) is 2.39. The van der Waals surface area contributed by atoms with Crippen LogP contribution < -0.4 is 15.8 Å². The van der Waals surface area contributed by atoms with Gasteiger partial charge in [0.05, 0.1) is 6.61 Å². The van der Waals surface area contributed by atoms with E-state index in [4.69, 9.17) is 15.2 Å². The minimum atomic E-state index is -0.536. The fourth-order valence-electron chi connectivity index (χ4n) is 1.38. The lowest BCUT2D eigenvalue weighted by atomic mass is 10.2. The first-order valence-electron chi connectivity index (χ1n) is 5.89. The molecule has 0 radical (unpaired) electrons. The lowest BCUT2D eigenvalue weighted by Crippen LogP contribution is -2.37. The van der Waals surface area contributed by atoms with Crippen LogP contribution in [0.2, 0.25) is 0 Å². The van der Waals surface area contributed by atoms with Gasteiger partial charge in [0.25, 0.3) is 5.91 Å². The Bertz CT molecular complexity index is 365. The summed E-state index contributed by atoms with van der Waals surface area (Å²) in [6.07, 6.45) is -0.536. The number of carbonyl (C=O) groups is 1. The van der Waals surface area contributed by atoms with Gasteiger partial charge in [-0.15, -0.1) is 0 Å². The summed E-state index contributed by atoms with van der Waals surface area (Å²) in [6.45, 7) is 3.17. The molecule has 0 aliphatic carbocycles. The van der Waals surface area contributed by atoms with E-state index in [0.29, 0.717) is 25.4 Å². The highest BCUT2D eigenvalue weighted by Gasteiger charge is 2.13. The number of hydrogen-bond donors (Lipinski definition) is 2. The van der Waals surface area contributed by atoms with Crippen LogP contribution in [0.15, 0.2) is 24.3 Å². The largest absolute Gasteiger partial charge is 0.481 e. The van der Waals surface area contributed by atoms with Crippen molar-refractivity contribution < 1.29 is 14.3 Å². The van der Waals surface area contributed by atoms with Gasteiger partial charge in [-0.25, -0.2) is 0 Å². The van der Waals surface area contributed by atoms with Crippen LogP contribution in [-0.2, 0) is 16.1 Å². The van der Waals surface area contributed by atoms with Gasteiger partial charge in [-0.1, -0.05) is 12.1 Å². The van der Waals surface area contributed by atoms with E-state index in [9.17, 15) is 4.79 Å². The first kappa shape index (κ1) is 14.5. The summed E-state index contributed by atoms with van der Waals surface area (Å²) >= 11 is 0. The average molecular weight is 252 g/mol. The van der Waals surface area contributed by atoms with Crippen molar-refractivity contribution in [2.75, 3.05) is 20.3 Å². The topological polar surface area (TPSA) is 73.6 Å². The minimum absolute atomic E-state index is 0.157. The Kier molecular flexibility index (Phi) is 6.18. The van der Waals surface area contributed by atoms with Crippen LogP contribution in [0.5, 0.6) is 5.75 Å². The number of benzene rings is 1. The van der Waals surface area contributed by atoms with Gasteiger partial charge in [-0.3, -0.25) is 4.79 Å². The summed E-state index contributed by atoms with van der Waals surface area (Å²) < 4.78 is 10.4. The van der Waals surface area contributed by atoms with Crippen molar-refractivity contribution in [3.05, 3.63) is 29.8 Å². The van der Waals surface area contributed by atoms with Gasteiger partial charge in [0.1, 0.15) is 5.75 Å². The molecule has 0 aliphatic heterocycles. The molecule has 0 aliphatic rings. The predicted molar refractivity (Wildman–Crippen MR) is 69.3 cm³/mol. The number of ether oxygens (including phenoxy) is 2. The van der Waals surface area contributed by atoms with Crippen molar-refractivity contribution in [3.63, 3.8) is 0 Å². The Balaban J connectivity index is 2.42. The Hall–Kier alpha value is -1.59. The SMILES string of the molecule is COCCNC(=O)C(C)Oc1ccc(CN)cc1. The monoisotopic (exact) mass is 252 g/mol. The van der Waals surface area contributed by atoms with E-state index in [2.05, 4.69) is 5.32 Å². The lowest BCUT2D eigenvalue weighted by molar-refractivity contribution is -0.127. The zero-order valence-electron chi connectivity index (χ0n) is 10.8. The van der Waals surface area contributed by atoms with Gasteiger partial charge in [-0.2, -0.15) is 0 Å². The summed E-state index contributed by atoms with van der Waals surface area (Å²) in [5.41, 5.74) is 6.53. The molecule has 100 valence electrons. The molecule has 0 heterocycles. The first-order valence-corrected chi connectivity index (χ1v) is 5.89. The molecule has 1 amide bonds. The molecule has 0 bridgehead atoms. The van der Waals surface area contributed by atoms with E-state index >= 15 is 0 Å². The highest BCUT2D eigenvalue weighted by atomic mass is 16.5. The number of hydrogen-bond acceptors (Lipinski definition) is 4. The van der Waals surface area contributed by atoms with Crippen LogP contribution in [0.4, 0.5) is 0 Å². The molecule has 0 saturated heterocycles. The van der Waals surface area contributed by atoms with Crippen LogP contribution in [0.1, 0.15) is 12.5 Å². The summed E-state index contributed by atoms with van der Waals surface area (Å²) in [4.78, 5) is 11.6. The summed E-state index contributed by atoms with van der Waals surface area (Å²) in [6, 6.07) is 7.37. The standard InChI is InChI=1S/C13H20N2O3/c1-10(13(16)15-7-8-17-2)18-12-5-3-11(9-14)4-6-12/h3-6,10H,7-9,14H2,1-2H3,(H,15,16). The van der Waals surface area contributed by atoms with Crippen LogP contribution in [0.3, 0.4) is 0 Å². The van der Waals surface area contributed by atoms with E-state index in [1.165, 1.54) is 0 Å². The quantitative estimate of drug-likeness (QED) is 0.700. The second-order valence-electron chi connectivity index (χ2n) is 3.89. The third kappa shape index (κ3) is 4.73. The van der Waals surface area contributed by atoms with E-state index < -0.39 is 6.10 Å². The number of nitrogens with one attached hydrogen (secondary N) is 1. The lowest BCUT2D eigenvalue weighted by Gasteiger charge is -2.14. The Labute approximate surface area is 107 Å². The normalized spacial score (nSPS) is 11.9. The Morgan fingerprint density at radius 2 is 2.06 bits per heavy atom. The smallest absolute Gasteiger partial charge is 0.260 e. The number of amides is 1. The fraction of sp³-hybridized carbons (Fsp3) is 0.462. The number of nitrogens with two attached hydrogens (primary N) is 1. The second kappa shape index (κ2) is 7.68. The van der Waals surface area contributed by atoms with Crippen molar-refractivity contribution in [2.24, 2.45) is 5.73 Å². The zero-order valence-corrected chi connectivity index (χ0v) is 10.8. The fourth-order valence-corrected chi connectivity index (χ4v) is 1.38. The van der Waals surface area contributed by atoms with Crippen LogP contribution >= 0.6 is 0 Å². The third-order valence-corrected chi connectivity index (χ3v) is 2.45. The minimum Gasteiger partial charge on any atom is -0.481 e. The molecule has 1 aromatic rings. The number of carbonyl (C=O) groups excluding carboxylic acids is 1. The molecule has 1 unspecified atom stereocenters.